The largest absolute Gasteiger partial charge is 0.478 e. The molecule has 14 heavy (non-hydrogen) atoms. The van der Waals surface area contributed by atoms with E-state index in [0.29, 0.717) is 0 Å². The van der Waals surface area contributed by atoms with Crippen molar-refractivity contribution in [3.05, 3.63) is 41.0 Å². The van der Waals surface area contributed by atoms with Gasteiger partial charge in [0.25, 0.3) is 0 Å². The third-order valence-corrected chi connectivity index (χ3v) is 1.87. The van der Waals surface area contributed by atoms with E-state index in [-0.39, 0.29) is 0 Å². The lowest BCUT2D eigenvalue weighted by Gasteiger charge is -2.00. The maximum Gasteiger partial charge on any atom is 0.328 e. The molecule has 3 heteroatoms. The molecule has 0 heterocycles. The van der Waals surface area contributed by atoms with Gasteiger partial charge in [-0.05, 0) is 29.7 Å². The van der Waals surface area contributed by atoms with Crippen LogP contribution in [0.4, 0.5) is 0 Å². The topological polar surface area (TPSA) is 61.1 Å². The molecule has 72 valence electrons. The second kappa shape index (κ2) is 4.37. The van der Waals surface area contributed by atoms with Crippen LogP contribution in [0.25, 0.3) is 6.08 Å². The molecular formula is C11H11NO2. The molecule has 0 aliphatic heterocycles. The predicted molar refractivity (Wildman–Crippen MR) is 55.7 cm³/mol. The highest BCUT2D eigenvalue weighted by Gasteiger charge is 1.95. The van der Waals surface area contributed by atoms with Gasteiger partial charge < -0.3 is 10.5 Å². The summed E-state index contributed by atoms with van der Waals surface area (Å²) in [4.78, 5) is 10.3. The highest BCUT2D eigenvalue weighted by molar-refractivity contribution is 5.86. The summed E-state index contributed by atoms with van der Waals surface area (Å²) in [5.41, 5.74) is 2.64. The minimum absolute atomic E-state index is 0.829. The average Bonchev–Trinajstić information content (AvgIpc) is 2.15. The van der Waals surface area contributed by atoms with Gasteiger partial charge >= 0.3 is 5.97 Å². The van der Waals surface area contributed by atoms with Crippen molar-refractivity contribution < 1.29 is 9.90 Å². The predicted octanol–water partition coefficient (Wildman–Crippen LogP) is 2.09. The molecule has 0 amide bonds. The molecule has 0 bridgehead atoms. The number of benzene rings is 1. The van der Waals surface area contributed by atoms with Gasteiger partial charge in [-0.2, -0.15) is 0 Å². The molecule has 1 aromatic carbocycles. The zero-order valence-corrected chi connectivity index (χ0v) is 7.82. The lowest BCUT2D eigenvalue weighted by atomic mass is 10.1. The first-order chi connectivity index (χ1) is 6.63. The van der Waals surface area contributed by atoms with Crippen LogP contribution >= 0.6 is 0 Å². The first kappa shape index (κ1) is 10.2. The summed E-state index contributed by atoms with van der Waals surface area (Å²) in [7, 11) is 0. The SMILES string of the molecule is Cc1cc(/C=C/C(=O)O)ccc1C=N. The zero-order chi connectivity index (χ0) is 10.6. The number of aryl methyl sites for hydroxylation is 1. The summed E-state index contributed by atoms with van der Waals surface area (Å²) in [5, 5.41) is 15.5. The van der Waals surface area contributed by atoms with Crippen molar-refractivity contribution in [2.75, 3.05) is 0 Å². The van der Waals surface area contributed by atoms with Crippen molar-refractivity contribution in [1.29, 1.82) is 5.41 Å². The standard InChI is InChI=1S/C11H11NO2/c1-8-6-9(3-5-11(13)14)2-4-10(8)7-12/h2-7,12H,1H3,(H,13,14)/b5-3+,12-7?. The Balaban J connectivity index is 2.97. The Bertz CT molecular complexity index is 394. The minimum atomic E-state index is -0.959. The van der Waals surface area contributed by atoms with Gasteiger partial charge in [0.15, 0.2) is 0 Å². The van der Waals surface area contributed by atoms with E-state index >= 15 is 0 Å². The summed E-state index contributed by atoms with van der Waals surface area (Å²) in [6.45, 7) is 1.89. The van der Waals surface area contributed by atoms with Crippen LogP contribution in [0, 0.1) is 12.3 Å². The summed E-state index contributed by atoms with van der Waals surface area (Å²) in [5.74, 6) is -0.959. The molecule has 0 aromatic heterocycles. The molecular weight excluding hydrogens is 178 g/mol. The van der Waals surface area contributed by atoms with Gasteiger partial charge in [-0.25, -0.2) is 4.79 Å². The number of carbonyl (C=O) groups is 1. The van der Waals surface area contributed by atoms with Crippen molar-refractivity contribution >= 4 is 18.3 Å². The molecule has 0 fully saturated rings. The van der Waals surface area contributed by atoms with E-state index in [1.807, 2.05) is 13.0 Å². The number of hydrogen-bond donors (Lipinski definition) is 2. The Labute approximate surface area is 82.2 Å². The molecule has 0 spiro atoms. The van der Waals surface area contributed by atoms with Crippen LogP contribution < -0.4 is 0 Å². The van der Waals surface area contributed by atoms with Gasteiger partial charge in [0, 0.05) is 12.3 Å². The van der Waals surface area contributed by atoms with Crippen LogP contribution in [0.3, 0.4) is 0 Å². The van der Waals surface area contributed by atoms with Gasteiger partial charge in [0.2, 0.25) is 0 Å². The van der Waals surface area contributed by atoms with E-state index in [2.05, 4.69) is 0 Å². The minimum Gasteiger partial charge on any atom is -0.478 e. The zero-order valence-electron chi connectivity index (χ0n) is 7.82. The quantitative estimate of drug-likeness (QED) is 0.565. The third-order valence-electron chi connectivity index (χ3n) is 1.87. The number of rotatable bonds is 3. The molecule has 0 aliphatic carbocycles. The fourth-order valence-electron chi connectivity index (χ4n) is 1.13. The summed E-state index contributed by atoms with van der Waals surface area (Å²) in [6.07, 6.45) is 3.90. The summed E-state index contributed by atoms with van der Waals surface area (Å²) in [6, 6.07) is 5.43. The summed E-state index contributed by atoms with van der Waals surface area (Å²) >= 11 is 0. The number of hydrogen-bond acceptors (Lipinski definition) is 2. The van der Waals surface area contributed by atoms with Crippen molar-refractivity contribution in [1.82, 2.24) is 0 Å². The molecule has 1 rings (SSSR count). The van der Waals surface area contributed by atoms with Crippen LogP contribution in [0.2, 0.25) is 0 Å². The number of aliphatic carboxylic acids is 1. The second-order valence-corrected chi connectivity index (χ2v) is 2.93. The van der Waals surface area contributed by atoms with E-state index in [0.717, 1.165) is 22.8 Å². The van der Waals surface area contributed by atoms with Crippen LogP contribution in [0.1, 0.15) is 16.7 Å². The van der Waals surface area contributed by atoms with Crippen LogP contribution in [-0.4, -0.2) is 17.3 Å². The first-order valence-electron chi connectivity index (χ1n) is 4.15. The Morgan fingerprint density at radius 1 is 1.50 bits per heavy atom. The number of carboxylic acids is 1. The molecule has 0 aliphatic rings. The lowest BCUT2D eigenvalue weighted by Crippen LogP contribution is -1.88. The molecule has 0 radical (unpaired) electrons. The van der Waals surface area contributed by atoms with E-state index in [9.17, 15) is 4.79 Å². The van der Waals surface area contributed by atoms with Crippen molar-refractivity contribution in [3.63, 3.8) is 0 Å². The molecule has 0 atom stereocenters. The van der Waals surface area contributed by atoms with Gasteiger partial charge in [-0.3, -0.25) is 0 Å². The molecule has 0 unspecified atom stereocenters. The molecule has 2 N–H and O–H groups in total. The Morgan fingerprint density at radius 3 is 2.71 bits per heavy atom. The van der Waals surface area contributed by atoms with Crippen molar-refractivity contribution in [2.45, 2.75) is 6.92 Å². The highest BCUT2D eigenvalue weighted by atomic mass is 16.4. The Morgan fingerprint density at radius 2 is 2.21 bits per heavy atom. The normalized spacial score (nSPS) is 10.4. The van der Waals surface area contributed by atoms with E-state index in [1.54, 1.807) is 12.1 Å². The second-order valence-electron chi connectivity index (χ2n) is 2.93. The summed E-state index contributed by atoms with van der Waals surface area (Å²) < 4.78 is 0. The molecule has 0 saturated heterocycles. The molecule has 0 saturated carbocycles. The van der Waals surface area contributed by atoms with E-state index < -0.39 is 5.97 Å². The average molecular weight is 189 g/mol. The first-order valence-corrected chi connectivity index (χ1v) is 4.15. The monoisotopic (exact) mass is 189 g/mol. The van der Waals surface area contributed by atoms with Gasteiger partial charge in [-0.15, -0.1) is 0 Å². The number of carboxylic acid groups (broad SMARTS) is 1. The number of nitrogens with one attached hydrogen (secondary N) is 1. The van der Waals surface area contributed by atoms with Crippen molar-refractivity contribution in [2.24, 2.45) is 0 Å². The maximum atomic E-state index is 10.3. The Hall–Kier alpha value is -1.90. The fourth-order valence-corrected chi connectivity index (χ4v) is 1.13. The lowest BCUT2D eigenvalue weighted by molar-refractivity contribution is -0.131. The Kier molecular flexibility index (Phi) is 3.18. The van der Waals surface area contributed by atoms with Gasteiger partial charge in [-0.1, -0.05) is 18.2 Å². The third kappa shape index (κ3) is 2.55. The fraction of sp³-hybridized carbons (Fsp3) is 0.0909. The highest BCUT2D eigenvalue weighted by Crippen LogP contribution is 2.10. The van der Waals surface area contributed by atoms with E-state index in [4.69, 9.17) is 10.5 Å². The van der Waals surface area contributed by atoms with Gasteiger partial charge in [0.1, 0.15) is 0 Å². The van der Waals surface area contributed by atoms with E-state index in [1.165, 1.54) is 12.3 Å². The molecule has 3 nitrogen and oxygen atoms in total. The van der Waals surface area contributed by atoms with Crippen LogP contribution in [-0.2, 0) is 4.79 Å². The maximum absolute atomic E-state index is 10.3. The van der Waals surface area contributed by atoms with Crippen molar-refractivity contribution in [3.8, 4) is 0 Å². The van der Waals surface area contributed by atoms with Crippen LogP contribution in [0.5, 0.6) is 0 Å². The van der Waals surface area contributed by atoms with Crippen LogP contribution in [0.15, 0.2) is 24.3 Å². The smallest absolute Gasteiger partial charge is 0.328 e. The van der Waals surface area contributed by atoms with Gasteiger partial charge in [0.05, 0.1) is 0 Å². The molecule has 1 aromatic rings.